The largest absolute Gasteiger partial charge is 0.496 e. The summed E-state index contributed by atoms with van der Waals surface area (Å²) in [5.41, 5.74) is 7.27. The van der Waals surface area contributed by atoms with Crippen molar-refractivity contribution in [2.75, 3.05) is 7.11 Å². The Balaban J connectivity index is 2.08. The molecular formula is C14H16N2O3S. The molecule has 0 saturated carbocycles. The van der Waals surface area contributed by atoms with Crippen molar-refractivity contribution in [3.8, 4) is 5.75 Å². The van der Waals surface area contributed by atoms with Gasteiger partial charge in [0.25, 0.3) is 0 Å². The summed E-state index contributed by atoms with van der Waals surface area (Å²) in [5, 5.41) is 11.6. The van der Waals surface area contributed by atoms with Gasteiger partial charge in [0.2, 0.25) is 0 Å². The van der Waals surface area contributed by atoms with E-state index in [1.54, 1.807) is 7.11 Å². The standard InChI is InChI=1S/C14H16N2O3S/c1-19-12-5-3-2-4-9(12)6-13-16-10(8-20-13)7-11(15)14(17)18/h2-5,8,11H,6-7,15H2,1H3,(H,17,18). The van der Waals surface area contributed by atoms with E-state index >= 15 is 0 Å². The summed E-state index contributed by atoms with van der Waals surface area (Å²) in [6, 6.07) is 6.86. The van der Waals surface area contributed by atoms with Gasteiger partial charge in [-0.3, -0.25) is 4.79 Å². The Bertz CT molecular complexity index is 598. The zero-order chi connectivity index (χ0) is 14.5. The van der Waals surface area contributed by atoms with Crippen LogP contribution in [0.3, 0.4) is 0 Å². The number of aromatic nitrogens is 1. The van der Waals surface area contributed by atoms with E-state index in [0.29, 0.717) is 6.42 Å². The third kappa shape index (κ3) is 3.55. The lowest BCUT2D eigenvalue weighted by Gasteiger charge is -2.06. The van der Waals surface area contributed by atoms with Gasteiger partial charge in [0.15, 0.2) is 0 Å². The molecule has 0 fully saturated rings. The van der Waals surface area contributed by atoms with Crippen molar-refractivity contribution in [3.63, 3.8) is 0 Å². The zero-order valence-electron chi connectivity index (χ0n) is 11.1. The number of nitrogens with zero attached hydrogens (tertiary/aromatic N) is 1. The van der Waals surface area contributed by atoms with Gasteiger partial charge in [-0.05, 0) is 6.07 Å². The molecule has 1 aromatic carbocycles. The van der Waals surface area contributed by atoms with E-state index in [9.17, 15) is 4.79 Å². The molecule has 0 saturated heterocycles. The van der Waals surface area contributed by atoms with Crippen LogP contribution in [0.4, 0.5) is 0 Å². The van der Waals surface area contributed by atoms with E-state index in [-0.39, 0.29) is 6.42 Å². The molecule has 0 aliphatic heterocycles. The van der Waals surface area contributed by atoms with Crippen molar-refractivity contribution >= 4 is 17.3 Å². The van der Waals surface area contributed by atoms with Crippen molar-refractivity contribution in [2.24, 2.45) is 5.73 Å². The Hall–Kier alpha value is -1.92. The van der Waals surface area contributed by atoms with Crippen LogP contribution < -0.4 is 10.5 Å². The number of carboxylic acid groups (broad SMARTS) is 1. The number of carboxylic acids is 1. The second-order valence-corrected chi connectivity index (χ2v) is 5.31. The first-order valence-electron chi connectivity index (χ1n) is 6.13. The number of nitrogens with two attached hydrogens (primary N) is 1. The molecule has 6 heteroatoms. The van der Waals surface area contributed by atoms with Crippen LogP contribution in [-0.4, -0.2) is 29.2 Å². The average molecular weight is 292 g/mol. The van der Waals surface area contributed by atoms with E-state index in [1.165, 1.54) is 11.3 Å². The van der Waals surface area contributed by atoms with E-state index < -0.39 is 12.0 Å². The third-order valence-electron chi connectivity index (χ3n) is 2.88. The average Bonchev–Trinajstić information content (AvgIpc) is 2.86. The molecule has 0 spiro atoms. The van der Waals surface area contributed by atoms with E-state index in [4.69, 9.17) is 15.6 Å². The number of rotatable bonds is 6. The molecule has 106 valence electrons. The van der Waals surface area contributed by atoms with Crippen LogP contribution in [0.5, 0.6) is 5.75 Å². The summed E-state index contributed by atoms with van der Waals surface area (Å²) in [6.45, 7) is 0. The maximum Gasteiger partial charge on any atom is 0.320 e. The van der Waals surface area contributed by atoms with Crippen molar-refractivity contribution in [1.82, 2.24) is 4.98 Å². The zero-order valence-corrected chi connectivity index (χ0v) is 11.9. The van der Waals surface area contributed by atoms with E-state index in [1.807, 2.05) is 29.6 Å². The number of hydrogen-bond donors (Lipinski definition) is 2. The minimum atomic E-state index is -1.01. The normalized spacial score (nSPS) is 12.1. The highest BCUT2D eigenvalue weighted by atomic mass is 32.1. The number of thiazole rings is 1. The highest BCUT2D eigenvalue weighted by molar-refractivity contribution is 7.09. The van der Waals surface area contributed by atoms with E-state index in [0.717, 1.165) is 22.0 Å². The Morgan fingerprint density at radius 2 is 2.25 bits per heavy atom. The Kier molecular flexibility index (Phi) is 4.70. The van der Waals surface area contributed by atoms with Crippen LogP contribution in [0.2, 0.25) is 0 Å². The molecule has 20 heavy (non-hydrogen) atoms. The lowest BCUT2D eigenvalue weighted by Crippen LogP contribution is -2.32. The highest BCUT2D eigenvalue weighted by Crippen LogP contribution is 2.22. The topological polar surface area (TPSA) is 85.4 Å². The molecule has 0 bridgehead atoms. The second-order valence-electron chi connectivity index (χ2n) is 4.37. The van der Waals surface area contributed by atoms with Crippen LogP contribution in [-0.2, 0) is 17.6 Å². The molecule has 1 aromatic heterocycles. The molecule has 3 N–H and O–H groups in total. The fourth-order valence-electron chi connectivity index (χ4n) is 1.85. The number of benzene rings is 1. The quantitative estimate of drug-likeness (QED) is 0.846. The molecule has 0 aliphatic rings. The number of ether oxygens (including phenoxy) is 1. The van der Waals surface area contributed by atoms with Crippen molar-refractivity contribution in [3.05, 3.63) is 45.9 Å². The molecule has 0 amide bonds. The monoisotopic (exact) mass is 292 g/mol. The maximum absolute atomic E-state index is 10.7. The lowest BCUT2D eigenvalue weighted by atomic mass is 10.1. The van der Waals surface area contributed by atoms with Gasteiger partial charge >= 0.3 is 5.97 Å². The summed E-state index contributed by atoms with van der Waals surface area (Å²) in [4.78, 5) is 15.1. The maximum atomic E-state index is 10.7. The first-order valence-corrected chi connectivity index (χ1v) is 7.01. The minimum absolute atomic E-state index is 0.248. The van der Waals surface area contributed by atoms with Gasteiger partial charge in [-0.2, -0.15) is 0 Å². The van der Waals surface area contributed by atoms with Gasteiger partial charge in [0, 0.05) is 23.8 Å². The Labute approximate surface area is 121 Å². The fourth-order valence-corrected chi connectivity index (χ4v) is 2.68. The molecule has 2 rings (SSSR count). The van der Waals surface area contributed by atoms with Crippen LogP contribution >= 0.6 is 11.3 Å². The SMILES string of the molecule is COc1ccccc1Cc1nc(CC(N)C(=O)O)cs1. The summed E-state index contributed by atoms with van der Waals surface area (Å²) < 4.78 is 5.30. The Morgan fingerprint density at radius 1 is 1.50 bits per heavy atom. The molecule has 2 aromatic rings. The second kappa shape index (κ2) is 6.49. The van der Waals surface area contributed by atoms with Crippen LogP contribution in [0.15, 0.2) is 29.6 Å². The number of aliphatic carboxylic acids is 1. The van der Waals surface area contributed by atoms with Crippen molar-refractivity contribution in [1.29, 1.82) is 0 Å². The van der Waals surface area contributed by atoms with Gasteiger partial charge in [-0.25, -0.2) is 4.98 Å². The number of hydrogen-bond acceptors (Lipinski definition) is 5. The summed E-state index contributed by atoms with van der Waals surface area (Å²) in [6.07, 6.45) is 0.911. The molecule has 1 unspecified atom stereocenters. The summed E-state index contributed by atoms with van der Waals surface area (Å²) >= 11 is 1.50. The summed E-state index contributed by atoms with van der Waals surface area (Å²) in [5.74, 6) is -0.184. The van der Waals surface area contributed by atoms with Gasteiger partial charge in [-0.1, -0.05) is 18.2 Å². The smallest absolute Gasteiger partial charge is 0.320 e. The van der Waals surface area contributed by atoms with Crippen LogP contribution in [0.25, 0.3) is 0 Å². The Morgan fingerprint density at radius 3 is 2.95 bits per heavy atom. The van der Waals surface area contributed by atoms with E-state index in [2.05, 4.69) is 4.98 Å². The molecule has 0 radical (unpaired) electrons. The van der Waals surface area contributed by atoms with Crippen LogP contribution in [0, 0.1) is 0 Å². The van der Waals surface area contributed by atoms with Gasteiger partial charge in [0.1, 0.15) is 11.8 Å². The van der Waals surface area contributed by atoms with Gasteiger partial charge < -0.3 is 15.6 Å². The number of para-hydroxylation sites is 1. The molecule has 0 aliphatic carbocycles. The molecule has 5 nitrogen and oxygen atoms in total. The lowest BCUT2D eigenvalue weighted by molar-refractivity contribution is -0.138. The highest BCUT2D eigenvalue weighted by Gasteiger charge is 2.14. The van der Waals surface area contributed by atoms with Crippen LogP contribution in [0.1, 0.15) is 16.3 Å². The number of methoxy groups -OCH3 is 1. The third-order valence-corrected chi connectivity index (χ3v) is 3.78. The van der Waals surface area contributed by atoms with Gasteiger partial charge in [0.05, 0.1) is 17.8 Å². The molecule has 1 heterocycles. The molecular weight excluding hydrogens is 276 g/mol. The number of carbonyl (C=O) groups is 1. The predicted molar refractivity (Wildman–Crippen MR) is 77.2 cm³/mol. The minimum Gasteiger partial charge on any atom is -0.496 e. The molecule has 1 atom stereocenters. The first kappa shape index (κ1) is 14.5. The fraction of sp³-hybridized carbons (Fsp3) is 0.286. The van der Waals surface area contributed by atoms with Crippen molar-refractivity contribution in [2.45, 2.75) is 18.9 Å². The summed E-state index contributed by atoms with van der Waals surface area (Å²) in [7, 11) is 1.64. The van der Waals surface area contributed by atoms with Crippen molar-refractivity contribution < 1.29 is 14.6 Å². The van der Waals surface area contributed by atoms with Gasteiger partial charge in [-0.15, -0.1) is 11.3 Å². The predicted octanol–water partition coefficient (Wildman–Crippen LogP) is 1.70. The first-order chi connectivity index (χ1) is 9.60.